The highest BCUT2D eigenvalue weighted by molar-refractivity contribution is 9.10. The first-order valence-electron chi connectivity index (χ1n) is 5.00. The smallest absolute Gasteiger partial charge is 0.330 e. The number of phenolic OH excluding ortho intramolecular Hbond substituents is 1. The summed E-state index contributed by atoms with van der Waals surface area (Å²) in [5.41, 5.74) is 0.470. The van der Waals surface area contributed by atoms with E-state index in [2.05, 4.69) is 15.9 Å². The first-order chi connectivity index (χ1) is 8.10. The molecule has 1 aromatic carbocycles. The molecule has 0 spiro atoms. The number of carbonyl (C=O) groups is 1. The van der Waals surface area contributed by atoms with E-state index in [9.17, 15) is 9.90 Å². The molecule has 1 N–H and O–H groups in total. The third-order valence-electron chi connectivity index (χ3n) is 2.02. The molecule has 0 aliphatic carbocycles. The largest absolute Gasteiger partial charge is 0.504 e. The number of methoxy groups -OCH3 is 1. The van der Waals surface area contributed by atoms with Crippen LogP contribution in [0.5, 0.6) is 11.5 Å². The molecule has 0 radical (unpaired) electrons. The standard InChI is InChI=1S/C12H13BrO4/c1-3-17-11(14)7-4-8-9(13)5-6-10(16-2)12(8)15/h4-7,15H,3H2,1-2H3. The Hall–Kier alpha value is -1.49. The summed E-state index contributed by atoms with van der Waals surface area (Å²) in [5.74, 6) is -0.138. The molecule has 0 heterocycles. The van der Waals surface area contributed by atoms with Gasteiger partial charge in [0.1, 0.15) is 0 Å². The number of hydrogen-bond donors (Lipinski definition) is 1. The molecular weight excluding hydrogens is 288 g/mol. The maximum absolute atomic E-state index is 11.2. The number of aromatic hydroxyl groups is 1. The first-order valence-corrected chi connectivity index (χ1v) is 5.79. The second kappa shape index (κ2) is 6.30. The van der Waals surface area contributed by atoms with Gasteiger partial charge in [0.15, 0.2) is 11.5 Å². The predicted molar refractivity (Wildman–Crippen MR) is 68.0 cm³/mol. The summed E-state index contributed by atoms with van der Waals surface area (Å²) in [5, 5.41) is 9.85. The highest BCUT2D eigenvalue weighted by atomic mass is 79.9. The summed E-state index contributed by atoms with van der Waals surface area (Å²) in [7, 11) is 1.46. The van der Waals surface area contributed by atoms with Crippen molar-refractivity contribution in [2.24, 2.45) is 0 Å². The molecule has 0 saturated carbocycles. The van der Waals surface area contributed by atoms with Gasteiger partial charge in [0.05, 0.1) is 13.7 Å². The van der Waals surface area contributed by atoms with Gasteiger partial charge < -0.3 is 14.6 Å². The van der Waals surface area contributed by atoms with Crippen LogP contribution in [-0.4, -0.2) is 24.8 Å². The number of carbonyl (C=O) groups excluding carboxylic acids is 1. The summed E-state index contributed by atoms with van der Waals surface area (Å²) in [6.45, 7) is 2.04. The summed E-state index contributed by atoms with van der Waals surface area (Å²) in [4.78, 5) is 11.2. The summed E-state index contributed by atoms with van der Waals surface area (Å²) < 4.78 is 10.4. The van der Waals surface area contributed by atoms with E-state index in [0.717, 1.165) is 0 Å². The number of phenols is 1. The SMILES string of the molecule is CCOC(=O)C=Cc1c(Br)ccc(OC)c1O. The molecule has 0 aliphatic rings. The molecule has 0 unspecified atom stereocenters. The number of ether oxygens (including phenoxy) is 2. The van der Waals surface area contributed by atoms with E-state index in [1.165, 1.54) is 19.3 Å². The van der Waals surface area contributed by atoms with Crippen molar-refractivity contribution in [3.8, 4) is 11.5 Å². The molecule has 92 valence electrons. The Bertz CT molecular complexity index is 440. The number of benzene rings is 1. The fourth-order valence-corrected chi connectivity index (χ4v) is 1.68. The van der Waals surface area contributed by atoms with Crippen molar-refractivity contribution in [2.75, 3.05) is 13.7 Å². The van der Waals surface area contributed by atoms with Gasteiger partial charge in [-0.25, -0.2) is 4.79 Å². The Balaban J connectivity index is 3.01. The highest BCUT2D eigenvalue weighted by Gasteiger charge is 2.09. The van der Waals surface area contributed by atoms with Gasteiger partial charge in [-0.3, -0.25) is 0 Å². The molecule has 0 atom stereocenters. The highest BCUT2D eigenvalue weighted by Crippen LogP contribution is 2.35. The van der Waals surface area contributed by atoms with Crippen molar-refractivity contribution in [1.29, 1.82) is 0 Å². The summed E-state index contributed by atoms with van der Waals surface area (Å²) >= 11 is 3.28. The van der Waals surface area contributed by atoms with Gasteiger partial charge in [-0.2, -0.15) is 0 Å². The minimum absolute atomic E-state index is 0.0255. The van der Waals surface area contributed by atoms with E-state index in [0.29, 0.717) is 22.4 Å². The van der Waals surface area contributed by atoms with Crippen molar-refractivity contribution in [1.82, 2.24) is 0 Å². The maximum Gasteiger partial charge on any atom is 0.330 e. The number of halogens is 1. The fourth-order valence-electron chi connectivity index (χ4n) is 1.23. The van der Waals surface area contributed by atoms with E-state index in [1.54, 1.807) is 19.1 Å². The molecule has 1 aromatic rings. The summed E-state index contributed by atoms with van der Waals surface area (Å²) in [6, 6.07) is 3.35. The Morgan fingerprint density at radius 2 is 2.24 bits per heavy atom. The van der Waals surface area contributed by atoms with Crippen LogP contribution >= 0.6 is 15.9 Å². The lowest BCUT2D eigenvalue weighted by molar-refractivity contribution is -0.137. The summed E-state index contributed by atoms with van der Waals surface area (Å²) in [6.07, 6.45) is 2.72. The zero-order valence-electron chi connectivity index (χ0n) is 9.57. The van der Waals surface area contributed by atoms with Crippen LogP contribution in [0, 0.1) is 0 Å². The third-order valence-corrected chi connectivity index (χ3v) is 2.71. The molecule has 0 saturated heterocycles. The van der Waals surface area contributed by atoms with Gasteiger partial charge >= 0.3 is 5.97 Å². The quantitative estimate of drug-likeness (QED) is 0.686. The van der Waals surface area contributed by atoms with Crippen molar-refractivity contribution < 1.29 is 19.4 Å². The molecular formula is C12H13BrO4. The van der Waals surface area contributed by atoms with Crippen LogP contribution < -0.4 is 4.74 Å². The third kappa shape index (κ3) is 3.49. The zero-order chi connectivity index (χ0) is 12.8. The lowest BCUT2D eigenvalue weighted by atomic mass is 10.1. The van der Waals surface area contributed by atoms with Crippen LogP contribution in [0.3, 0.4) is 0 Å². The Morgan fingerprint density at radius 3 is 2.82 bits per heavy atom. The van der Waals surface area contributed by atoms with Crippen LogP contribution in [-0.2, 0) is 9.53 Å². The van der Waals surface area contributed by atoms with Crippen LogP contribution in [0.4, 0.5) is 0 Å². The van der Waals surface area contributed by atoms with Crippen LogP contribution in [0.15, 0.2) is 22.7 Å². The topological polar surface area (TPSA) is 55.8 Å². The van der Waals surface area contributed by atoms with Gasteiger partial charge in [0.2, 0.25) is 0 Å². The van der Waals surface area contributed by atoms with E-state index >= 15 is 0 Å². The average Bonchev–Trinajstić information content (AvgIpc) is 2.29. The van der Waals surface area contributed by atoms with Crippen LogP contribution in [0.2, 0.25) is 0 Å². The van der Waals surface area contributed by atoms with Gasteiger partial charge in [-0.15, -0.1) is 0 Å². The lowest BCUT2D eigenvalue weighted by Gasteiger charge is -2.07. The molecule has 5 heteroatoms. The van der Waals surface area contributed by atoms with Crippen LogP contribution in [0.25, 0.3) is 6.08 Å². The van der Waals surface area contributed by atoms with Gasteiger partial charge in [-0.05, 0) is 25.1 Å². The van der Waals surface area contributed by atoms with E-state index in [-0.39, 0.29) is 5.75 Å². The van der Waals surface area contributed by atoms with Crippen LogP contribution in [0.1, 0.15) is 12.5 Å². The average molecular weight is 301 g/mol. The van der Waals surface area contributed by atoms with E-state index in [4.69, 9.17) is 9.47 Å². The maximum atomic E-state index is 11.2. The molecule has 1 rings (SSSR count). The Labute approximate surface area is 108 Å². The molecule has 0 aromatic heterocycles. The zero-order valence-corrected chi connectivity index (χ0v) is 11.2. The van der Waals surface area contributed by atoms with E-state index in [1.807, 2.05) is 0 Å². The Kier molecular flexibility index (Phi) is 5.03. The normalized spacial score (nSPS) is 10.5. The van der Waals surface area contributed by atoms with Gasteiger partial charge in [0.25, 0.3) is 0 Å². The molecule has 0 fully saturated rings. The molecule has 0 amide bonds. The first kappa shape index (κ1) is 13.6. The van der Waals surface area contributed by atoms with Crippen molar-refractivity contribution in [3.05, 3.63) is 28.2 Å². The second-order valence-corrected chi connectivity index (χ2v) is 3.95. The van der Waals surface area contributed by atoms with E-state index < -0.39 is 5.97 Å². The monoisotopic (exact) mass is 300 g/mol. The molecule has 0 bridgehead atoms. The van der Waals surface area contributed by atoms with Gasteiger partial charge in [-0.1, -0.05) is 15.9 Å². The molecule has 0 aliphatic heterocycles. The lowest BCUT2D eigenvalue weighted by Crippen LogP contribution is -1.98. The van der Waals surface area contributed by atoms with Gasteiger partial charge in [0, 0.05) is 16.1 Å². The van der Waals surface area contributed by atoms with Crippen molar-refractivity contribution >= 4 is 28.0 Å². The fraction of sp³-hybridized carbons (Fsp3) is 0.250. The molecule has 4 nitrogen and oxygen atoms in total. The minimum Gasteiger partial charge on any atom is -0.504 e. The predicted octanol–water partition coefficient (Wildman–Crippen LogP) is 2.74. The number of rotatable bonds is 4. The number of esters is 1. The van der Waals surface area contributed by atoms with Crippen molar-refractivity contribution in [2.45, 2.75) is 6.92 Å². The minimum atomic E-state index is -0.457. The Morgan fingerprint density at radius 1 is 1.53 bits per heavy atom. The van der Waals surface area contributed by atoms with Crippen molar-refractivity contribution in [3.63, 3.8) is 0 Å². The molecule has 17 heavy (non-hydrogen) atoms. The number of hydrogen-bond acceptors (Lipinski definition) is 4. The second-order valence-electron chi connectivity index (χ2n) is 3.10.